The number of aliphatic hydroxyl groups is 1. The standard InChI is InChI=1S/C22H24F3N3O3/c1-12-7-15(22(23,24)25)9-18(31-11-30-4)19(12)16-8-14-5-6-28(20(14)27-26-16)17-10-21(3,29)13(17)2/h5-9,13,17,29H,10-11H2,1-4H3/t13-,17-,21+/m0/s1. The predicted molar refractivity (Wildman–Crippen MR) is 109 cm³/mol. The Labute approximate surface area is 177 Å². The smallest absolute Gasteiger partial charge is 0.416 e. The third-order valence-electron chi connectivity index (χ3n) is 6.22. The van der Waals surface area contributed by atoms with Gasteiger partial charge in [0.2, 0.25) is 0 Å². The van der Waals surface area contributed by atoms with Crippen LogP contribution in [0.1, 0.15) is 37.4 Å². The molecule has 4 rings (SSSR count). The summed E-state index contributed by atoms with van der Waals surface area (Å²) in [5, 5.41) is 19.7. The lowest BCUT2D eigenvalue weighted by molar-refractivity contribution is -0.137. The highest BCUT2D eigenvalue weighted by molar-refractivity contribution is 5.82. The van der Waals surface area contributed by atoms with Crippen molar-refractivity contribution < 1.29 is 27.8 Å². The van der Waals surface area contributed by atoms with Crippen LogP contribution in [0.15, 0.2) is 30.5 Å². The van der Waals surface area contributed by atoms with Crippen LogP contribution in [0, 0.1) is 12.8 Å². The van der Waals surface area contributed by atoms with Crippen molar-refractivity contribution in [3.8, 4) is 17.0 Å². The van der Waals surface area contributed by atoms with E-state index >= 15 is 0 Å². The zero-order valence-electron chi connectivity index (χ0n) is 17.7. The molecule has 166 valence electrons. The van der Waals surface area contributed by atoms with Gasteiger partial charge >= 0.3 is 6.18 Å². The molecule has 6 nitrogen and oxygen atoms in total. The van der Waals surface area contributed by atoms with Crippen LogP contribution in [0.3, 0.4) is 0 Å². The van der Waals surface area contributed by atoms with Crippen LogP contribution in [-0.2, 0) is 10.9 Å². The van der Waals surface area contributed by atoms with E-state index < -0.39 is 17.3 Å². The monoisotopic (exact) mass is 435 g/mol. The normalized spacial score (nSPS) is 23.7. The van der Waals surface area contributed by atoms with Crippen molar-refractivity contribution >= 4 is 11.0 Å². The molecule has 0 aliphatic heterocycles. The molecular formula is C22H24F3N3O3. The van der Waals surface area contributed by atoms with Gasteiger partial charge in [0.15, 0.2) is 12.4 Å². The van der Waals surface area contributed by atoms with Crippen molar-refractivity contribution in [3.05, 3.63) is 41.6 Å². The van der Waals surface area contributed by atoms with Gasteiger partial charge in [-0.2, -0.15) is 13.2 Å². The Morgan fingerprint density at radius 3 is 2.61 bits per heavy atom. The second-order valence-corrected chi connectivity index (χ2v) is 8.36. The maximum atomic E-state index is 13.3. The molecule has 1 aromatic carbocycles. The Kier molecular flexibility index (Phi) is 5.21. The average Bonchev–Trinajstić information content (AvgIpc) is 3.11. The molecule has 31 heavy (non-hydrogen) atoms. The Morgan fingerprint density at radius 2 is 2.00 bits per heavy atom. The summed E-state index contributed by atoms with van der Waals surface area (Å²) >= 11 is 0. The first-order valence-electron chi connectivity index (χ1n) is 9.93. The van der Waals surface area contributed by atoms with Crippen LogP contribution in [0.2, 0.25) is 0 Å². The van der Waals surface area contributed by atoms with E-state index in [0.29, 0.717) is 28.9 Å². The fraction of sp³-hybridized carbons (Fsp3) is 0.455. The Morgan fingerprint density at radius 1 is 1.26 bits per heavy atom. The molecule has 1 fully saturated rings. The van der Waals surface area contributed by atoms with Gasteiger partial charge in [0.1, 0.15) is 5.75 Å². The highest BCUT2D eigenvalue weighted by atomic mass is 19.4. The quantitative estimate of drug-likeness (QED) is 0.587. The Bertz CT molecular complexity index is 1120. The van der Waals surface area contributed by atoms with Crippen LogP contribution >= 0.6 is 0 Å². The molecule has 3 aromatic rings. The third kappa shape index (κ3) is 3.76. The number of rotatable bonds is 5. The minimum Gasteiger partial charge on any atom is -0.467 e. The van der Waals surface area contributed by atoms with Crippen molar-refractivity contribution in [2.75, 3.05) is 13.9 Å². The number of fused-ring (bicyclic) bond motifs is 1. The number of alkyl halides is 3. The molecule has 0 saturated heterocycles. The van der Waals surface area contributed by atoms with Crippen molar-refractivity contribution in [2.24, 2.45) is 5.92 Å². The van der Waals surface area contributed by atoms with Gasteiger partial charge in [0, 0.05) is 36.2 Å². The summed E-state index contributed by atoms with van der Waals surface area (Å²) < 4.78 is 52.2. The van der Waals surface area contributed by atoms with Gasteiger partial charge in [0.25, 0.3) is 0 Å². The number of nitrogens with zero attached hydrogens (tertiary/aromatic N) is 3. The first-order valence-corrected chi connectivity index (χ1v) is 9.93. The molecule has 1 aliphatic rings. The molecule has 2 heterocycles. The molecule has 0 unspecified atom stereocenters. The largest absolute Gasteiger partial charge is 0.467 e. The second kappa shape index (κ2) is 7.49. The third-order valence-corrected chi connectivity index (χ3v) is 6.22. The lowest BCUT2D eigenvalue weighted by Crippen LogP contribution is -2.50. The Hall–Kier alpha value is -2.65. The minimum absolute atomic E-state index is 0.0333. The van der Waals surface area contributed by atoms with E-state index in [4.69, 9.17) is 9.47 Å². The average molecular weight is 435 g/mol. The van der Waals surface area contributed by atoms with Gasteiger partial charge in [0.05, 0.1) is 16.9 Å². The zero-order valence-corrected chi connectivity index (χ0v) is 17.7. The van der Waals surface area contributed by atoms with Crippen LogP contribution in [0.5, 0.6) is 5.75 Å². The highest BCUT2D eigenvalue weighted by Crippen LogP contribution is 2.48. The predicted octanol–water partition coefficient (Wildman–Crippen LogP) is 4.74. The number of aryl methyl sites for hydroxylation is 1. The van der Waals surface area contributed by atoms with Crippen LogP contribution in [-0.4, -0.2) is 39.4 Å². The number of hydrogen-bond acceptors (Lipinski definition) is 5. The van der Waals surface area contributed by atoms with E-state index in [1.807, 2.05) is 30.7 Å². The van der Waals surface area contributed by atoms with E-state index in [2.05, 4.69) is 10.2 Å². The van der Waals surface area contributed by atoms with Crippen molar-refractivity contribution in [1.29, 1.82) is 0 Å². The molecule has 2 aromatic heterocycles. The topological polar surface area (TPSA) is 69.4 Å². The summed E-state index contributed by atoms with van der Waals surface area (Å²) in [5.74, 6) is 0.0988. The molecule has 3 atom stereocenters. The molecule has 1 aliphatic carbocycles. The molecule has 0 radical (unpaired) electrons. The number of halogens is 3. The number of hydrogen-bond donors (Lipinski definition) is 1. The molecule has 0 amide bonds. The summed E-state index contributed by atoms with van der Waals surface area (Å²) in [6.45, 7) is 5.20. The van der Waals surface area contributed by atoms with Gasteiger partial charge in [-0.15, -0.1) is 10.2 Å². The molecule has 0 spiro atoms. The molecule has 1 N–H and O–H groups in total. The van der Waals surface area contributed by atoms with Crippen LogP contribution < -0.4 is 4.74 Å². The van der Waals surface area contributed by atoms with Crippen molar-refractivity contribution in [1.82, 2.24) is 14.8 Å². The van der Waals surface area contributed by atoms with E-state index in [0.717, 1.165) is 17.5 Å². The van der Waals surface area contributed by atoms with Crippen molar-refractivity contribution in [2.45, 2.75) is 45.0 Å². The van der Waals surface area contributed by atoms with E-state index in [1.165, 1.54) is 7.11 Å². The highest BCUT2D eigenvalue weighted by Gasteiger charge is 2.47. The van der Waals surface area contributed by atoms with Gasteiger partial charge in [-0.3, -0.25) is 0 Å². The zero-order chi connectivity index (χ0) is 22.6. The van der Waals surface area contributed by atoms with E-state index in [-0.39, 0.29) is 24.5 Å². The summed E-state index contributed by atoms with van der Waals surface area (Å²) in [6.07, 6.45) is -1.97. The summed E-state index contributed by atoms with van der Waals surface area (Å²) in [5.41, 5.74) is 0.381. The Balaban J connectivity index is 1.76. The first-order chi connectivity index (χ1) is 14.5. The lowest BCUT2D eigenvalue weighted by atomic mass is 9.67. The first kappa shape index (κ1) is 21.6. The van der Waals surface area contributed by atoms with E-state index in [9.17, 15) is 18.3 Å². The number of ether oxygens (including phenoxy) is 2. The van der Waals surface area contributed by atoms with E-state index in [1.54, 1.807) is 13.0 Å². The van der Waals surface area contributed by atoms with Gasteiger partial charge < -0.3 is 19.1 Å². The lowest BCUT2D eigenvalue weighted by Gasteiger charge is -2.48. The maximum Gasteiger partial charge on any atom is 0.416 e. The van der Waals surface area contributed by atoms with Gasteiger partial charge in [-0.05, 0) is 50.1 Å². The van der Waals surface area contributed by atoms with Gasteiger partial charge in [-0.1, -0.05) is 6.92 Å². The summed E-state index contributed by atoms with van der Waals surface area (Å²) in [7, 11) is 1.40. The minimum atomic E-state index is -4.50. The fourth-order valence-electron chi connectivity index (χ4n) is 4.21. The summed E-state index contributed by atoms with van der Waals surface area (Å²) in [6, 6.07) is 5.82. The number of aromatic nitrogens is 3. The van der Waals surface area contributed by atoms with Crippen LogP contribution in [0.25, 0.3) is 22.3 Å². The van der Waals surface area contributed by atoms with Crippen LogP contribution in [0.4, 0.5) is 13.2 Å². The number of methoxy groups -OCH3 is 1. The van der Waals surface area contributed by atoms with Crippen molar-refractivity contribution in [3.63, 3.8) is 0 Å². The SMILES string of the molecule is COCOc1cc(C(F)(F)F)cc(C)c1-c1cc2ccn([C@H]3C[C@@](C)(O)[C@H]3C)c2nn1. The fourth-order valence-corrected chi connectivity index (χ4v) is 4.21. The summed E-state index contributed by atoms with van der Waals surface area (Å²) in [4.78, 5) is 0. The second-order valence-electron chi connectivity index (χ2n) is 8.36. The molecular weight excluding hydrogens is 411 g/mol. The maximum absolute atomic E-state index is 13.3. The molecule has 0 bridgehead atoms. The number of benzene rings is 1. The molecule has 9 heteroatoms. The molecule has 1 saturated carbocycles. The van der Waals surface area contributed by atoms with Gasteiger partial charge in [-0.25, -0.2) is 0 Å².